The highest BCUT2D eigenvalue weighted by atomic mass is 35.5. The molecule has 1 aromatic heterocycles. The zero-order valence-corrected chi connectivity index (χ0v) is 14.3. The van der Waals surface area contributed by atoms with Gasteiger partial charge in [-0.05, 0) is 49.1 Å². The van der Waals surface area contributed by atoms with Crippen LogP contribution in [-0.2, 0) is 11.2 Å². The SMILES string of the molecule is O=C(CCc1ccc(Cl)cc1)N1CCCC1CC(O)c1ccco1. The second kappa shape index (κ2) is 7.86. The summed E-state index contributed by atoms with van der Waals surface area (Å²) in [5.74, 6) is 0.717. The fourth-order valence-electron chi connectivity index (χ4n) is 3.31. The number of aliphatic hydroxyl groups excluding tert-OH is 1. The first kappa shape index (κ1) is 17.1. The normalized spacial score (nSPS) is 18.8. The first-order valence-electron chi connectivity index (χ1n) is 8.39. The molecule has 2 aromatic rings. The van der Waals surface area contributed by atoms with E-state index in [1.54, 1.807) is 18.4 Å². The lowest BCUT2D eigenvalue weighted by molar-refractivity contribution is -0.132. The Kier molecular flexibility index (Phi) is 5.59. The molecule has 1 aliphatic rings. The van der Waals surface area contributed by atoms with Gasteiger partial charge in [-0.15, -0.1) is 0 Å². The van der Waals surface area contributed by atoms with Crippen LogP contribution in [0.3, 0.4) is 0 Å². The fraction of sp³-hybridized carbons (Fsp3) is 0.421. The fourth-order valence-corrected chi connectivity index (χ4v) is 3.44. The van der Waals surface area contributed by atoms with Crippen LogP contribution >= 0.6 is 11.6 Å². The van der Waals surface area contributed by atoms with Crippen molar-refractivity contribution in [1.29, 1.82) is 0 Å². The molecular weight excluding hydrogens is 326 g/mol. The molecule has 1 N–H and O–H groups in total. The minimum Gasteiger partial charge on any atom is -0.467 e. The maximum absolute atomic E-state index is 12.6. The van der Waals surface area contributed by atoms with Gasteiger partial charge in [0.25, 0.3) is 0 Å². The van der Waals surface area contributed by atoms with Gasteiger partial charge in [-0.1, -0.05) is 23.7 Å². The van der Waals surface area contributed by atoms with Crippen LogP contribution in [0.1, 0.15) is 43.1 Å². The molecule has 1 saturated heterocycles. The molecule has 2 atom stereocenters. The summed E-state index contributed by atoms with van der Waals surface area (Å²) in [6.45, 7) is 0.773. The monoisotopic (exact) mass is 347 g/mol. The van der Waals surface area contributed by atoms with Crippen LogP contribution in [0.5, 0.6) is 0 Å². The van der Waals surface area contributed by atoms with E-state index in [-0.39, 0.29) is 11.9 Å². The summed E-state index contributed by atoms with van der Waals surface area (Å²) in [6.07, 6.45) is 4.54. The standard InChI is InChI=1S/C19H22ClNO3/c20-15-8-5-14(6-9-15)7-10-19(23)21-11-1-3-16(21)13-17(22)18-4-2-12-24-18/h2,4-6,8-9,12,16-17,22H,1,3,7,10-11,13H2. The van der Waals surface area contributed by atoms with Gasteiger partial charge in [-0.2, -0.15) is 0 Å². The van der Waals surface area contributed by atoms with E-state index in [1.807, 2.05) is 29.2 Å². The Morgan fingerprint density at radius 2 is 2.12 bits per heavy atom. The number of nitrogens with zero attached hydrogens (tertiary/aromatic N) is 1. The number of aliphatic hydroxyl groups is 1. The van der Waals surface area contributed by atoms with Gasteiger partial charge in [-0.3, -0.25) is 4.79 Å². The van der Waals surface area contributed by atoms with E-state index >= 15 is 0 Å². The molecule has 1 aromatic carbocycles. The highest BCUT2D eigenvalue weighted by Crippen LogP contribution is 2.28. The van der Waals surface area contributed by atoms with Crippen LogP contribution < -0.4 is 0 Å². The summed E-state index contributed by atoms with van der Waals surface area (Å²) < 4.78 is 5.25. The Morgan fingerprint density at radius 1 is 1.33 bits per heavy atom. The van der Waals surface area contributed by atoms with Crippen molar-refractivity contribution < 1.29 is 14.3 Å². The van der Waals surface area contributed by atoms with E-state index in [2.05, 4.69) is 0 Å². The third-order valence-electron chi connectivity index (χ3n) is 4.61. The van der Waals surface area contributed by atoms with Gasteiger partial charge in [0, 0.05) is 30.5 Å². The zero-order chi connectivity index (χ0) is 16.9. The van der Waals surface area contributed by atoms with E-state index in [1.165, 1.54) is 0 Å². The predicted octanol–water partition coefficient (Wildman–Crippen LogP) is 3.98. The predicted molar refractivity (Wildman–Crippen MR) is 92.8 cm³/mol. The van der Waals surface area contributed by atoms with Gasteiger partial charge in [-0.25, -0.2) is 0 Å². The number of hydrogen-bond donors (Lipinski definition) is 1. The molecule has 0 saturated carbocycles. The minimum atomic E-state index is -0.658. The summed E-state index contributed by atoms with van der Waals surface area (Å²) in [7, 11) is 0. The highest BCUT2D eigenvalue weighted by Gasteiger charge is 2.30. The molecular formula is C19H22ClNO3. The lowest BCUT2D eigenvalue weighted by Crippen LogP contribution is -2.36. The van der Waals surface area contributed by atoms with Crippen LogP contribution in [0.15, 0.2) is 47.1 Å². The molecule has 1 amide bonds. The van der Waals surface area contributed by atoms with Crippen molar-refractivity contribution in [1.82, 2.24) is 4.90 Å². The van der Waals surface area contributed by atoms with Crippen molar-refractivity contribution in [3.8, 4) is 0 Å². The first-order valence-corrected chi connectivity index (χ1v) is 8.76. The van der Waals surface area contributed by atoms with E-state index in [0.717, 1.165) is 24.9 Å². The lowest BCUT2D eigenvalue weighted by Gasteiger charge is -2.26. The summed E-state index contributed by atoms with van der Waals surface area (Å²) >= 11 is 5.88. The highest BCUT2D eigenvalue weighted by molar-refractivity contribution is 6.30. The van der Waals surface area contributed by atoms with Crippen LogP contribution in [0.25, 0.3) is 0 Å². The number of rotatable bonds is 6. The molecule has 0 spiro atoms. The van der Waals surface area contributed by atoms with E-state index in [4.69, 9.17) is 16.0 Å². The average Bonchev–Trinajstić information content (AvgIpc) is 3.25. The third-order valence-corrected chi connectivity index (χ3v) is 4.86. The number of carbonyl (C=O) groups is 1. The quantitative estimate of drug-likeness (QED) is 0.859. The molecule has 0 aliphatic carbocycles. The van der Waals surface area contributed by atoms with E-state index in [9.17, 15) is 9.90 Å². The van der Waals surface area contributed by atoms with Gasteiger partial charge < -0.3 is 14.4 Å². The van der Waals surface area contributed by atoms with Gasteiger partial charge in [0.15, 0.2) is 0 Å². The maximum atomic E-state index is 12.6. The third kappa shape index (κ3) is 4.19. The molecule has 2 heterocycles. The zero-order valence-electron chi connectivity index (χ0n) is 13.5. The van der Waals surface area contributed by atoms with Gasteiger partial charge >= 0.3 is 0 Å². The summed E-state index contributed by atoms with van der Waals surface area (Å²) in [4.78, 5) is 14.5. The number of halogens is 1. The molecule has 5 heteroatoms. The number of benzene rings is 1. The molecule has 1 aliphatic heterocycles. The molecule has 128 valence electrons. The number of amides is 1. The van der Waals surface area contributed by atoms with Crippen molar-refractivity contribution in [2.45, 2.75) is 44.2 Å². The maximum Gasteiger partial charge on any atom is 0.223 e. The second-order valence-corrected chi connectivity index (χ2v) is 6.71. The van der Waals surface area contributed by atoms with Gasteiger partial charge in [0.1, 0.15) is 11.9 Å². The van der Waals surface area contributed by atoms with Gasteiger partial charge in [0.05, 0.1) is 6.26 Å². The van der Waals surface area contributed by atoms with Crippen molar-refractivity contribution in [2.24, 2.45) is 0 Å². The summed E-state index contributed by atoms with van der Waals surface area (Å²) in [6, 6.07) is 11.2. The number of furan rings is 1. The number of carbonyl (C=O) groups excluding carboxylic acids is 1. The molecule has 0 radical (unpaired) electrons. The molecule has 4 nitrogen and oxygen atoms in total. The average molecular weight is 348 g/mol. The van der Waals surface area contributed by atoms with Crippen molar-refractivity contribution >= 4 is 17.5 Å². The Morgan fingerprint density at radius 3 is 2.83 bits per heavy atom. The molecule has 2 unspecified atom stereocenters. The molecule has 3 rings (SSSR count). The van der Waals surface area contributed by atoms with Gasteiger partial charge in [0.2, 0.25) is 5.91 Å². The largest absolute Gasteiger partial charge is 0.467 e. The first-order chi connectivity index (χ1) is 11.6. The lowest BCUT2D eigenvalue weighted by atomic mass is 10.0. The Hall–Kier alpha value is -1.78. The van der Waals surface area contributed by atoms with Crippen LogP contribution in [0.4, 0.5) is 0 Å². The van der Waals surface area contributed by atoms with E-state index < -0.39 is 6.10 Å². The smallest absolute Gasteiger partial charge is 0.223 e. The Balaban J connectivity index is 1.54. The molecule has 24 heavy (non-hydrogen) atoms. The summed E-state index contributed by atoms with van der Waals surface area (Å²) in [5.41, 5.74) is 1.11. The van der Waals surface area contributed by atoms with Crippen LogP contribution in [0.2, 0.25) is 5.02 Å². The van der Waals surface area contributed by atoms with Crippen LogP contribution in [0, 0.1) is 0 Å². The van der Waals surface area contributed by atoms with Crippen molar-refractivity contribution in [2.75, 3.05) is 6.54 Å². The molecule has 0 bridgehead atoms. The Bertz CT molecular complexity index is 654. The summed E-state index contributed by atoms with van der Waals surface area (Å²) in [5, 5.41) is 11.0. The van der Waals surface area contributed by atoms with E-state index in [0.29, 0.717) is 30.0 Å². The second-order valence-electron chi connectivity index (χ2n) is 6.28. The molecule has 1 fully saturated rings. The van der Waals surface area contributed by atoms with Crippen molar-refractivity contribution in [3.05, 3.63) is 59.0 Å². The van der Waals surface area contributed by atoms with Crippen molar-refractivity contribution in [3.63, 3.8) is 0 Å². The topological polar surface area (TPSA) is 53.7 Å². The number of likely N-dealkylation sites (tertiary alicyclic amines) is 1. The Labute approximate surface area is 147 Å². The minimum absolute atomic E-state index is 0.0859. The number of hydrogen-bond acceptors (Lipinski definition) is 3. The van der Waals surface area contributed by atoms with Crippen LogP contribution in [-0.4, -0.2) is 28.5 Å². The number of aryl methyl sites for hydroxylation is 1.